The van der Waals surface area contributed by atoms with Crippen LogP contribution in [-0.4, -0.2) is 21.0 Å². The van der Waals surface area contributed by atoms with Gasteiger partial charge in [0.2, 0.25) is 5.89 Å². The van der Waals surface area contributed by atoms with Crippen molar-refractivity contribution < 1.29 is 9.21 Å². The Morgan fingerprint density at radius 2 is 2.21 bits per heavy atom. The van der Waals surface area contributed by atoms with E-state index in [1.807, 2.05) is 6.92 Å². The molecule has 0 atom stereocenters. The second-order valence-electron chi connectivity index (χ2n) is 4.67. The van der Waals surface area contributed by atoms with Crippen molar-refractivity contribution in [3.63, 3.8) is 0 Å². The molecule has 0 aliphatic carbocycles. The fourth-order valence-electron chi connectivity index (χ4n) is 1.79. The van der Waals surface area contributed by atoms with E-state index in [1.54, 1.807) is 48.7 Å². The lowest BCUT2D eigenvalue weighted by atomic mass is 10.4. The monoisotopic (exact) mass is 361 g/mol. The largest absolute Gasteiger partial charge is 0.445 e. The highest BCUT2D eigenvalue weighted by atomic mass is 32.2. The topological polar surface area (TPSA) is 92.9 Å². The zero-order chi connectivity index (χ0) is 16.8. The molecule has 9 heteroatoms. The lowest BCUT2D eigenvalue weighted by molar-refractivity contribution is 0.262. The van der Waals surface area contributed by atoms with E-state index >= 15 is 0 Å². The zero-order valence-corrected chi connectivity index (χ0v) is 14.5. The van der Waals surface area contributed by atoms with Crippen molar-refractivity contribution in [1.82, 2.24) is 15.0 Å². The van der Waals surface area contributed by atoms with Crippen LogP contribution in [0, 0.1) is 0 Å². The van der Waals surface area contributed by atoms with Gasteiger partial charge in [0.05, 0.1) is 34.2 Å². The van der Waals surface area contributed by atoms with Gasteiger partial charge in [-0.3, -0.25) is 10.3 Å². The van der Waals surface area contributed by atoms with Gasteiger partial charge in [-0.1, -0.05) is 18.3 Å². The number of aromatic nitrogens is 3. The number of amides is 2. The third-order valence-corrected chi connectivity index (χ3v) is 5.00. The highest BCUT2D eigenvalue weighted by molar-refractivity contribution is 8.00. The Kier molecular flexibility index (Phi) is 5.44. The molecule has 0 radical (unpaired) electrons. The van der Waals surface area contributed by atoms with Gasteiger partial charge in [-0.25, -0.2) is 14.8 Å². The molecular formula is C15H15N5O2S2. The average molecular weight is 361 g/mol. The average Bonchev–Trinajstić information content (AvgIpc) is 3.22. The minimum atomic E-state index is -0.353. The van der Waals surface area contributed by atoms with Crippen LogP contribution < -0.4 is 10.6 Å². The van der Waals surface area contributed by atoms with Gasteiger partial charge in [0.15, 0.2) is 5.13 Å². The van der Waals surface area contributed by atoms with Gasteiger partial charge in [0, 0.05) is 12.6 Å². The van der Waals surface area contributed by atoms with Crippen LogP contribution in [0.15, 0.2) is 45.5 Å². The molecule has 0 aliphatic heterocycles. The molecule has 0 fully saturated rings. The molecule has 0 saturated heterocycles. The Morgan fingerprint density at radius 3 is 2.96 bits per heavy atom. The number of carbonyl (C=O) groups is 1. The van der Waals surface area contributed by atoms with Crippen LogP contribution in [0.3, 0.4) is 0 Å². The highest BCUT2D eigenvalue weighted by Gasteiger charge is 2.09. The summed E-state index contributed by atoms with van der Waals surface area (Å²) in [6.45, 7) is 2.02. The van der Waals surface area contributed by atoms with E-state index in [9.17, 15) is 4.79 Å². The number of oxazole rings is 1. The van der Waals surface area contributed by atoms with Crippen LogP contribution in [0.5, 0.6) is 0 Å². The quantitative estimate of drug-likeness (QED) is 0.644. The van der Waals surface area contributed by atoms with Gasteiger partial charge in [0.1, 0.15) is 5.76 Å². The number of rotatable bonds is 6. The van der Waals surface area contributed by atoms with E-state index in [0.29, 0.717) is 22.5 Å². The van der Waals surface area contributed by atoms with Crippen molar-refractivity contribution in [2.45, 2.75) is 23.3 Å². The zero-order valence-electron chi connectivity index (χ0n) is 12.9. The molecule has 3 heterocycles. The number of nitrogens with zero attached hydrogens (tertiary/aromatic N) is 3. The summed E-state index contributed by atoms with van der Waals surface area (Å²) in [4.78, 5) is 24.2. The van der Waals surface area contributed by atoms with E-state index < -0.39 is 0 Å². The number of anilines is 2. The number of thioether (sulfide) groups is 1. The maximum Gasteiger partial charge on any atom is 0.325 e. The van der Waals surface area contributed by atoms with Gasteiger partial charge in [-0.2, -0.15) is 0 Å². The number of hydrogen-bond donors (Lipinski definition) is 2. The Hall–Kier alpha value is -2.39. The van der Waals surface area contributed by atoms with Gasteiger partial charge in [-0.15, -0.1) is 11.8 Å². The summed E-state index contributed by atoms with van der Waals surface area (Å²) >= 11 is 2.97. The molecule has 0 spiro atoms. The molecule has 3 rings (SSSR count). The minimum absolute atomic E-state index is 0.353. The summed E-state index contributed by atoms with van der Waals surface area (Å²) in [5.41, 5.74) is 0.622. The van der Waals surface area contributed by atoms with E-state index in [4.69, 9.17) is 4.42 Å². The number of aryl methyl sites for hydroxylation is 1. The smallest absolute Gasteiger partial charge is 0.325 e. The second kappa shape index (κ2) is 7.93. The molecular weight excluding hydrogens is 346 g/mol. The minimum Gasteiger partial charge on any atom is -0.445 e. The van der Waals surface area contributed by atoms with Crippen molar-refractivity contribution in [3.05, 3.63) is 48.6 Å². The SMILES string of the molecule is CCc1cnc(CSc2cnc(NC(=O)Nc3cccnc3)s2)o1. The first-order chi connectivity index (χ1) is 11.7. The molecule has 7 nitrogen and oxygen atoms in total. The first-order valence-corrected chi connectivity index (χ1v) is 9.03. The predicted octanol–water partition coefficient (Wildman–Crippen LogP) is 4.02. The number of urea groups is 1. The lowest BCUT2D eigenvalue weighted by Gasteiger charge is -2.03. The van der Waals surface area contributed by atoms with Gasteiger partial charge in [-0.05, 0) is 12.1 Å². The number of carbonyl (C=O) groups excluding carboxylic acids is 1. The van der Waals surface area contributed by atoms with Crippen molar-refractivity contribution in [2.75, 3.05) is 10.6 Å². The molecule has 2 N–H and O–H groups in total. The summed E-state index contributed by atoms with van der Waals surface area (Å²) < 4.78 is 6.53. The molecule has 0 bridgehead atoms. The van der Waals surface area contributed by atoms with E-state index in [1.165, 1.54) is 11.3 Å². The summed E-state index contributed by atoms with van der Waals surface area (Å²) in [5, 5.41) is 5.92. The van der Waals surface area contributed by atoms with Crippen LogP contribution in [0.4, 0.5) is 15.6 Å². The lowest BCUT2D eigenvalue weighted by Crippen LogP contribution is -2.19. The van der Waals surface area contributed by atoms with Crippen molar-refractivity contribution in [2.24, 2.45) is 0 Å². The summed E-state index contributed by atoms with van der Waals surface area (Å²) in [5.74, 6) is 2.20. The van der Waals surface area contributed by atoms with Crippen molar-refractivity contribution in [1.29, 1.82) is 0 Å². The third kappa shape index (κ3) is 4.56. The molecule has 3 aromatic rings. The van der Waals surface area contributed by atoms with Gasteiger partial charge >= 0.3 is 6.03 Å². The van der Waals surface area contributed by atoms with Crippen LogP contribution in [0.25, 0.3) is 0 Å². The number of pyridine rings is 1. The molecule has 2 amide bonds. The maximum absolute atomic E-state index is 11.9. The van der Waals surface area contributed by atoms with Crippen molar-refractivity contribution in [3.8, 4) is 0 Å². The number of thiazole rings is 1. The number of nitrogens with one attached hydrogen (secondary N) is 2. The Labute approximate surface area is 146 Å². The Morgan fingerprint density at radius 1 is 1.29 bits per heavy atom. The second-order valence-corrected chi connectivity index (χ2v) is 6.97. The molecule has 0 unspecified atom stereocenters. The molecule has 124 valence electrons. The molecule has 0 aliphatic rings. The summed E-state index contributed by atoms with van der Waals surface area (Å²) in [6.07, 6.45) is 7.52. The maximum atomic E-state index is 11.9. The molecule has 3 aromatic heterocycles. The molecule has 24 heavy (non-hydrogen) atoms. The van der Waals surface area contributed by atoms with Crippen LogP contribution in [-0.2, 0) is 12.2 Å². The molecule has 0 saturated carbocycles. The van der Waals surface area contributed by atoms with Crippen LogP contribution in [0.1, 0.15) is 18.6 Å². The Bertz CT molecular complexity index is 803. The Balaban J connectivity index is 1.50. The normalized spacial score (nSPS) is 10.5. The third-order valence-electron chi connectivity index (χ3n) is 2.91. The molecule has 0 aromatic carbocycles. The van der Waals surface area contributed by atoms with E-state index in [2.05, 4.69) is 25.6 Å². The first kappa shape index (κ1) is 16.5. The first-order valence-electron chi connectivity index (χ1n) is 7.23. The van der Waals surface area contributed by atoms with Crippen molar-refractivity contribution >= 4 is 39.9 Å². The predicted molar refractivity (Wildman–Crippen MR) is 94.4 cm³/mol. The van der Waals surface area contributed by atoms with Gasteiger partial charge < -0.3 is 9.73 Å². The van der Waals surface area contributed by atoms with Crippen LogP contribution >= 0.6 is 23.1 Å². The fourth-order valence-corrected chi connectivity index (χ4v) is 3.51. The highest BCUT2D eigenvalue weighted by Crippen LogP contribution is 2.30. The van der Waals surface area contributed by atoms with E-state index in [-0.39, 0.29) is 6.03 Å². The number of hydrogen-bond acceptors (Lipinski definition) is 7. The summed E-state index contributed by atoms with van der Waals surface area (Å²) in [7, 11) is 0. The standard InChI is InChI=1S/C15H15N5O2S2/c1-2-11-7-17-12(22-11)9-23-13-8-18-15(24-13)20-14(21)19-10-4-3-5-16-6-10/h3-8H,2,9H2,1H3,(H2,18,19,20,21). The van der Waals surface area contributed by atoms with Crippen LogP contribution in [0.2, 0.25) is 0 Å². The summed E-state index contributed by atoms with van der Waals surface area (Å²) in [6, 6.07) is 3.16. The van der Waals surface area contributed by atoms with Gasteiger partial charge in [0.25, 0.3) is 0 Å². The van der Waals surface area contributed by atoms with E-state index in [0.717, 1.165) is 16.4 Å². The fraction of sp³-hybridized carbons (Fsp3) is 0.200.